The summed E-state index contributed by atoms with van der Waals surface area (Å²) >= 11 is 1.78. The molecule has 0 radical (unpaired) electrons. The van der Waals surface area contributed by atoms with Gasteiger partial charge in [-0.15, -0.1) is 0 Å². The topological polar surface area (TPSA) is 111 Å². The monoisotopic (exact) mass is 554 g/mol. The van der Waals surface area contributed by atoms with Gasteiger partial charge in [-0.05, 0) is 60.2 Å². The molecule has 0 saturated carbocycles. The predicted octanol–water partition coefficient (Wildman–Crippen LogP) is 4.98. The summed E-state index contributed by atoms with van der Waals surface area (Å²) in [5.41, 5.74) is 5.23. The second kappa shape index (κ2) is 12.4. The molecule has 0 bridgehead atoms. The first-order valence-corrected chi connectivity index (χ1v) is 11.8. The number of alkyl halides is 6. The van der Waals surface area contributed by atoms with Crippen molar-refractivity contribution < 1.29 is 50.5 Å². The van der Waals surface area contributed by atoms with Crippen LogP contribution >= 0.6 is 11.8 Å². The Morgan fingerprint density at radius 3 is 2.05 bits per heavy atom. The van der Waals surface area contributed by atoms with Gasteiger partial charge in [0, 0.05) is 6.54 Å². The fourth-order valence-corrected chi connectivity index (χ4v) is 4.29. The van der Waals surface area contributed by atoms with Crippen LogP contribution in [0.15, 0.2) is 42.5 Å². The number of rotatable bonds is 6. The summed E-state index contributed by atoms with van der Waals surface area (Å²) in [6, 6.07) is 10.0. The first-order chi connectivity index (χ1) is 17.2. The smallest absolute Gasteiger partial charge is 0.490 e. The van der Waals surface area contributed by atoms with E-state index in [-0.39, 0.29) is 29.7 Å². The number of hydrogen-bond acceptors (Lipinski definition) is 6. The third-order valence-electron chi connectivity index (χ3n) is 5.18. The molecule has 1 aliphatic heterocycles. The van der Waals surface area contributed by atoms with Crippen LogP contribution in [0.4, 0.5) is 26.3 Å². The van der Waals surface area contributed by atoms with Crippen LogP contribution in [-0.2, 0) is 22.3 Å². The molecule has 1 aliphatic rings. The van der Waals surface area contributed by atoms with Crippen LogP contribution in [0.5, 0.6) is 17.2 Å². The number of carbonyl (C=O) groups is 2. The maximum Gasteiger partial charge on any atom is 0.490 e. The lowest BCUT2D eigenvalue weighted by Gasteiger charge is -2.31. The van der Waals surface area contributed by atoms with Crippen molar-refractivity contribution in [3.05, 3.63) is 53.6 Å². The number of benzene rings is 2. The van der Waals surface area contributed by atoms with E-state index in [1.807, 2.05) is 0 Å². The Balaban J connectivity index is 0.000000604. The summed E-state index contributed by atoms with van der Waals surface area (Å²) in [4.78, 5) is 21.3. The van der Waals surface area contributed by atoms with Crippen LogP contribution in [0.25, 0.3) is 0 Å². The molecule has 1 fully saturated rings. The highest BCUT2D eigenvalue weighted by Gasteiger charge is 2.38. The number of hydrogen-bond donors (Lipinski definition) is 3. The molecule has 0 aliphatic carbocycles. The summed E-state index contributed by atoms with van der Waals surface area (Å²) in [7, 11) is 1.30. The van der Waals surface area contributed by atoms with Gasteiger partial charge in [0.25, 0.3) is 0 Å². The van der Waals surface area contributed by atoms with Gasteiger partial charge in [-0.25, -0.2) is 4.79 Å². The number of carboxylic acids is 1. The van der Waals surface area contributed by atoms with E-state index in [1.54, 1.807) is 36.0 Å². The van der Waals surface area contributed by atoms with E-state index in [0.717, 1.165) is 23.1 Å². The molecular weight excluding hydrogens is 530 g/mol. The molecule has 1 amide bonds. The lowest BCUT2D eigenvalue weighted by Crippen LogP contribution is -2.55. The summed E-state index contributed by atoms with van der Waals surface area (Å²) < 4.78 is 82.0. The highest BCUT2D eigenvalue weighted by Crippen LogP contribution is 2.40. The van der Waals surface area contributed by atoms with Gasteiger partial charge >= 0.3 is 18.3 Å². The number of thioether (sulfide) groups is 1. The molecular formula is C23H24F6N2O5S. The van der Waals surface area contributed by atoms with E-state index in [1.165, 1.54) is 19.2 Å². The third kappa shape index (κ3) is 9.04. The Hall–Kier alpha value is -3.13. The minimum Gasteiger partial charge on any atom is -0.497 e. The number of carbonyl (C=O) groups excluding carboxylic acids is 1. The van der Waals surface area contributed by atoms with Gasteiger partial charge in [0.2, 0.25) is 5.91 Å². The minimum atomic E-state index is -5.08. The second-order valence-electron chi connectivity index (χ2n) is 7.86. The zero-order valence-corrected chi connectivity index (χ0v) is 20.2. The minimum absolute atomic E-state index is 0.0926. The predicted molar refractivity (Wildman–Crippen MR) is 124 cm³/mol. The number of carboxylic acid groups (broad SMARTS) is 1. The molecule has 1 heterocycles. The van der Waals surface area contributed by atoms with E-state index in [2.05, 4.69) is 5.32 Å². The van der Waals surface area contributed by atoms with Crippen LogP contribution in [0.2, 0.25) is 0 Å². The fraction of sp³-hybridized carbons (Fsp3) is 0.391. The highest BCUT2D eigenvalue weighted by molar-refractivity contribution is 7.99. The Kier molecular flexibility index (Phi) is 10.1. The average Bonchev–Trinajstić information content (AvgIpc) is 2.83. The van der Waals surface area contributed by atoms with Crippen molar-refractivity contribution >= 4 is 23.6 Å². The quantitative estimate of drug-likeness (QED) is 0.432. The van der Waals surface area contributed by atoms with Crippen LogP contribution in [0, 0.1) is 0 Å². The van der Waals surface area contributed by atoms with Gasteiger partial charge in [0.1, 0.15) is 22.8 Å². The summed E-state index contributed by atoms with van der Waals surface area (Å²) in [5.74, 6) is -1.19. The fourth-order valence-electron chi connectivity index (χ4n) is 3.07. The maximum atomic E-state index is 13.3. The molecule has 1 saturated heterocycles. The van der Waals surface area contributed by atoms with Gasteiger partial charge in [0.05, 0.1) is 12.6 Å². The standard InChI is InChI=1S/C21H23F3N2O3S.C2HF3O2/c1-28-16-6-7-18(17(12-16)21(22,23)24)29-15-4-2-14(3-5-15)13-26-19(27)20(25)8-10-30-11-9-20;3-2(4,5)1(6)7/h2-7,12H,8-11,13,25H2,1H3,(H,26,27);(H,6,7). The third-order valence-corrected chi connectivity index (χ3v) is 6.16. The molecule has 4 N–H and O–H groups in total. The number of aliphatic carboxylic acids is 1. The number of nitrogens with two attached hydrogens (primary N) is 1. The molecule has 37 heavy (non-hydrogen) atoms. The Bertz CT molecular complexity index is 1070. The van der Waals surface area contributed by atoms with Crippen LogP contribution in [0.1, 0.15) is 24.0 Å². The average molecular weight is 555 g/mol. The lowest BCUT2D eigenvalue weighted by molar-refractivity contribution is -0.192. The van der Waals surface area contributed by atoms with Crippen molar-refractivity contribution in [1.82, 2.24) is 5.32 Å². The van der Waals surface area contributed by atoms with Gasteiger partial charge < -0.3 is 25.6 Å². The lowest BCUT2D eigenvalue weighted by atomic mass is 9.92. The largest absolute Gasteiger partial charge is 0.497 e. The van der Waals surface area contributed by atoms with E-state index in [4.69, 9.17) is 25.1 Å². The first-order valence-electron chi connectivity index (χ1n) is 10.6. The number of methoxy groups -OCH3 is 1. The van der Waals surface area contributed by atoms with Crippen molar-refractivity contribution in [2.24, 2.45) is 5.73 Å². The van der Waals surface area contributed by atoms with E-state index in [0.29, 0.717) is 12.8 Å². The zero-order chi connectivity index (χ0) is 27.9. The Morgan fingerprint density at radius 1 is 1.03 bits per heavy atom. The van der Waals surface area contributed by atoms with Crippen LogP contribution in [-0.4, -0.2) is 47.3 Å². The molecule has 0 spiro atoms. The van der Waals surface area contributed by atoms with Gasteiger partial charge in [-0.1, -0.05) is 12.1 Å². The Labute approximate surface area is 212 Å². The molecule has 0 atom stereocenters. The van der Waals surface area contributed by atoms with E-state index >= 15 is 0 Å². The molecule has 0 unspecified atom stereocenters. The number of ether oxygens (including phenoxy) is 2. The number of halogens is 6. The zero-order valence-electron chi connectivity index (χ0n) is 19.4. The maximum absolute atomic E-state index is 13.3. The second-order valence-corrected chi connectivity index (χ2v) is 9.08. The molecule has 7 nitrogen and oxygen atoms in total. The normalized spacial score (nSPS) is 15.1. The summed E-state index contributed by atoms with van der Waals surface area (Å²) in [5, 5.41) is 9.97. The number of amides is 1. The SMILES string of the molecule is COc1ccc(Oc2ccc(CNC(=O)C3(N)CCSCC3)cc2)c(C(F)(F)F)c1.O=C(O)C(F)(F)F. The summed E-state index contributed by atoms with van der Waals surface area (Å²) in [6.45, 7) is 0.279. The summed E-state index contributed by atoms with van der Waals surface area (Å²) in [6.07, 6.45) is -8.39. The van der Waals surface area contributed by atoms with Gasteiger partial charge in [-0.2, -0.15) is 38.1 Å². The molecule has 204 valence electrons. The van der Waals surface area contributed by atoms with Crippen molar-refractivity contribution in [1.29, 1.82) is 0 Å². The van der Waals surface area contributed by atoms with Crippen LogP contribution in [0.3, 0.4) is 0 Å². The van der Waals surface area contributed by atoms with Crippen molar-refractivity contribution in [2.45, 2.75) is 37.3 Å². The molecule has 3 rings (SSSR count). The van der Waals surface area contributed by atoms with Gasteiger partial charge in [0.15, 0.2) is 0 Å². The van der Waals surface area contributed by atoms with Crippen molar-refractivity contribution in [3.8, 4) is 17.2 Å². The van der Waals surface area contributed by atoms with E-state index in [9.17, 15) is 31.1 Å². The first kappa shape index (κ1) is 30.1. The number of nitrogens with one attached hydrogen (secondary N) is 1. The van der Waals surface area contributed by atoms with E-state index < -0.39 is 29.4 Å². The molecule has 14 heteroatoms. The molecule has 0 aromatic heterocycles. The van der Waals surface area contributed by atoms with Crippen molar-refractivity contribution in [3.63, 3.8) is 0 Å². The Morgan fingerprint density at radius 2 is 1.57 bits per heavy atom. The highest BCUT2D eigenvalue weighted by atomic mass is 32.2. The molecule has 2 aromatic carbocycles. The van der Waals surface area contributed by atoms with Gasteiger partial charge in [-0.3, -0.25) is 4.79 Å². The molecule has 2 aromatic rings. The van der Waals surface area contributed by atoms with Crippen molar-refractivity contribution in [2.75, 3.05) is 18.6 Å². The van der Waals surface area contributed by atoms with Crippen LogP contribution < -0.4 is 20.5 Å².